The van der Waals surface area contributed by atoms with Crippen molar-refractivity contribution in [3.05, 3.63) is 23.8 Å². The quantitative estimate of drug-likeness (QED) is 0.725. The summed E-state index contributed by atoms with van der Waals surface area (Å²) in [7, 11) is 3.16. The summed E-state index contributed by atoms with van der Waals surface area (Å²) >= 11 is 0. The van der Waals surface area contributed by atoms with Crippen molar-refractivity contribution in [3.63, 3.8) is 0 Å². The van der Waals surface area contributed by atoms with Crippen LogP contribution < -0.4 is 20.5 Å². The van der Waals surface area contributed by atoms with Crippen LogP contribution in [0.3, 0.4) is 0 Å². The first-order chi connectivity index (χ1) is 11.9. The predicted octanol–water partition coefficient (Wildman–Crippen LogP) is 1.39. The molecule has 1 aliphatic heterocycles. The molecule has 0 bridgehead atoms. The molecule has 1 unspecified atom stereocenters. The maximum atomic E-state index is 12.4. The number of esters is 1. The Bertz CT molecular complexity index is 583. The van der Waals surface area contributed by atoms with Gasteiger partial charge in [0.2, 0.25) is 0 Å². The molecule has 1 aromatic carbocycles. The van der Waals surface area contributed by atoms with Gasteiger partial charge in [-0.25, -0.2) is 0 Å². The van der Waals surface area contributed by atoms with Gasteiger partial charge in [0.1, 0.15) is 5.60 Å². The van der Waals surface area contributed by atoms with E-state index in [0.29, 0.717) is 17.4 Å². The Morgan fingerprint density at radius 1 is 1.24 bits per heavy atom. The van der Waals surface area contributed by atoms with Crippen molar-refractivity contribution in [2.24, 2.45) is 11.7 Å². The van der Waals surface area contributed by atoms with Gasteiger partial charge in [0, 0.05) is 24.8 Å². The Balaban J connectivity index is 1.97. The predicted molar refractivity (Wildman–Crippen MR) is 95.6 cm³/mol. The maximum Gasteiger partial charge on any atom is 0.308 e. The van der Waals surface area contributed by atoms with Crippen molar-refractivity contribution < 1.29 is 24.3 Å². The minimum absolute atomic E-state index is 0.137. The SMILES string of the molecule is COc1ccc(C(N)CC(=O)OC(C)(C)C2CC[NH2+]CC2)cc1OC. The molecule has 1 saturated heterocycles. The molecule has 1 aliphatic rings. The van der Waals surface area contributed by atoms with E-state index in [-0.39, 0.29) is 12.4 Å². The van der Waals surface area contributed by atoms with Gasteiger partial charge < -0.3 is 25.3 Å². The van der Waals surface area contributed by atoms with Gasteiger partial charge in [0.25, 0.3) is 0 Å². The number of nitrogens with two attached hydrogens (primary N) is 2. The summed E-state index contributed by atoms with van der Waals surface area (Å²) in [6.45, 7) is 6.19. The number of quaternary nitrogens is 1. The fraction of sp³-hybridized carbons (Fsp3) is 0.632. The molecule has 1 fully saturated rings. The van der Waals surface area contributed by atoms with Crippen molar-refractivity contribution in [2.75, 3.05) is 27.3 Å². The highest BCUT2D eigenvalue weighted by atomic mass is 16.6. The molecule has 25 heavy (non-hydrogen) atoms. The molecule has 6 nitrogen and oxygen atoms in total. The largest absolute Gasteiger partial charge is 0.493 e. The monoisotopic (exact) mass is 351 g/mol. The molecule has 6 heteroatoms. The summed E-state index contributed by atoms with van der Waals surface area (Å²) in [4.78, 5) is 12.4. The van der Waals surface area contributed by atoms with Crippen molar-refractivity contribution in [2.45, 2.75) is 44.8 Å². The zero-order chi connectivity index (χ0) is 18.4. The highest BCUT2D eigenvalue weighted by molar-refractivity contribution is 5.71. The Kier molecular flexibility index (Phi) is 6.67. The van der Waals surface area contributed by atoms with Gasteiger partial charge in [-0.05, 0) is 31.5 Å². The molecule has 140 valence electrons. The number of methoxy groups -OCH3 is 2. The number of piperidine rings is 1. The van der Waals surface area contributed by atoms with E-state index in [1.54, 1.807) is 26.4 Å². The molecule has 0 spiro atoms. The number of hydrogen-bond donors (Lipinski definition) is 2. The molecule has 1 heterocycles. The van der Waals surface area contributed by atoms with Crippen LogP contribution in [0.5, 0.6) is 11.5 Å². The Morgan fingerprint density at radius 3 is 2.48 bits per heavy atom. The topological polar surface area (TPSA) is 87.4 Å². The maximum absolute atomic E-state index is 12.4. The van der Waals surface area contributed by atoms with E-state index in [4.69, 9.17) is 19.9 Å². The molecule has 0 aromatic heterocycles. The van der Waals surface area contributed by atoms with Crippen molar-refractivity contribution >= 4 is 5.97 Å². The summed E-state index contributed by atoms with van der Waals surface area (Å²) in [5, 5.41) is 2.31. The molecule has 0 radical (unpaired) electrons. The summed E-state index contributed by atoms with van der Waals surface area (Å²) < 4.78 is 16.3. The number of rotatable bonds is 7. The smallest absolute Gasteiger partial charge is 0.308 e. The average molecular weight is 351 g/mol. The third kappa shape index (κ3) is 5.09. The third-order valence-electron chi connectivity index (χ3n) is 5.02. The van der Waals surface area contributed by atoms with Gasteiger partial charge in [-0.3, -0.25) is 4.79 Å². The first-order valence-corrected chi connectivity index (χ1v) is 8.88. The van der Waals surface area contributed by atoms with Crippen molar-refractivity contribution in [1.29, 1.82) is 0 Å². The molecular weight excluding hydrogens is 320 g/mol. The van der Waals surface area contributed by atoms with Crippen molar-refractivity contribution in [1.82, 2.24) is 0 Å². The van der Waals surface area contributed by atoms with E-state index in [9.17, 15) is 4.79 Å². The first kappa shape index (κ1) is 19.5. The Hall–Kier alpha value is -1.79. The molecule has 1 atom stereocenters. The van der Waals surface area contributed by atoms with Crippen LogP contribution in [0.15, 0.2) is 18.2 Å². The molecule has 1 aromatic rings. The van der Waals surface area contributed by atoms with Crippen LogP contribution in [0, 0.1) is 5.92 Å². The van der Waals surface area contributed by atoms with Gasteiger partial charge >= 0.3 is 5.97 Å². The van der Waals surface area contributed by atoms with E-state index in [1.165, 1.54) is 0 Å². The van der Waals surface area contributed by atoms with Crippen LogP contribution in [0.2, 0.25) is 0 Å². The molecular formula is C19H31N2O4+. The van der Waals surface area contributed by atoms with Crippen LogP contribution in [0.1, 0.15) is 44.7 Å². The van der Waals surface area contributed by atoms with E-state index in [1.807, 2.05) is 19.9 Å². The van der Waals surface area contributed by atoms with Gasteiger partial charge in [-0.1, -0.05) is 6.07 Å². The number of benzene rings is 1. The number of carbonyl (C=O) groups excluding carboxylic acids is 1. The number of hydrogen-bond acceptors (Lipinski definition) is 5. The Morgan fingerprint density at radius 2 is 1.88 bits per heavy atom. The zero-order valence-electron chi connectivity index (χ0n) is 15.7. The normalized spacial score (nSPS) is 17.0. The standard InChI is InChI=1S/C19H30N2O4/c1-19(2,14-7-9-21-10-8-14)25-18(22)12-15(20)13-5-6-16(23-3)17(11-13)24-4/h5-6,11,14-15,21H,7-10,12,20H2,1-4H3/p+1. The number of carbonyl (C=O) groups is 1. The first-order valence-electron chi connectivity index (χ1n) is 8.88. The summed E-state index contributed by atoms with van der Waals surface area (Å²) in [5.74, 6) is 1.37. The fourth-order valence-electron chi connectivity index (χ4n) is 3.42. The minimum Gasteiger partial charge on any atom is -0.493 e. The highest BCUT2D eigenvalue weighted by Crippen LogP contribution is 2.32. The fourth-order valence-corrected chi connectivity index (χ4v) is 3.42. The average Bonchev–Trinajstić information content (AvgIpc) is 2.61. The van der Waals surface area contributed by atoms with Crippen LogP contribution in [0.25, 0.3) is 0 Å². The lowest BCUT2D eigenvalue weighted by atomic mass is 9.83. The Labute approximate surface area is 150 Å². The van der Waals surface area contributed by atoms with E-state index >= 15 is 0 Å². The summed E-state index contributed by atoms with van der Waals surface area (Å²) in [6, 6.07) is 5.00. The lowest BCUT2D eigenvalue weighted by Gasteiger charge is -2.35. The molecule has 0 amide bonds. The second-order valence-corrected chi connectivity index (χ2v) is 7.14. The summed E-state index contributed by atoms with van der Waals surface area (Å²) in [5.41, 5.74) is 6.57. The van der Waals surface area contributed by atoms with Gasteiger partial charge in [-0.15, -0.1) is 0 Å². The minimum atomic E-state index is -0.456. The second kappa shape index (κ2) is 8.54. The van der Waals surface area contributed by atoms with Crippen LogP contribution in [-0.2, 0) is 9.53 Å². The lowest BCUT2D eigenvalue weighted by Crippen LogP contribution is -2.86. The van der Waals surface area contributed by atoms with Crippen LogP contribution in [0.4, 0.5) is 0 Å². The number of ether oxygens (including phenoxy) is 3. The van der Waals surface area contributed by atoms with E-state index in [0.717, 1.165) is 31.5 Å². The van der Waals surface area contributed by atoms with E-state index in [2.05, 4.69) is 5.32 Å². The van der Waals surface area contributed by atoms with Gasteiger partial charge in [0.15, 0.2) is 11.5 Å². The second-order valence-electron chi connectivity index (χ2n) is 7.14. The lowest BCUT2D eigenvalue weighted by molar-refractivity contribution is -0.665. The van der Waals surface area contributed by atoms with Gasteiger partial charge in [0.05, 0.1) is 33.7 Å². The molecule has 2 rings (SSSR count). The van der Waals surface area contributed by atoms with Crippen LogP contribution >= 0.6 is 0 Å². The van der Waals surface area contributed by atoms with E-state index < -0.39 is 11.6 Å². The van der Waals surface area contributed by atoms with Crippen molar-refractivity contribution in [3.8, 4) is 11.5 Å². The van der Waals surface area contributed by atoms with Crippen LogP contribution in [-0.4, -0.2) is 38.9 Å². The zero-order valence-corrected chi connectivity index (χ0v) is 15.7. The van der Waals surface area contributed by atoms with Gasteiger partial charge in [-0.2, -0.15) is 0 Å². The highest BCUT2D eigenvalue weighted by Gasteiger charge is 2.35. The molecule has 4 N–H and O–H groups in total. The molecule has 0 aliphatic carbocycles. The summed E-state index contributed by atoms with van der Waals surface area (Å²) in [6.07, 6.45) is 2.28. The third-order valence-corrected chi connectivity index (χ3v) is 5.02. The molecule has 0 saturated carbocycles.